The van der Waals surface area contributed by atoms with Crippen LogP contribution in [0.3, 0.4) is 0 Å². The highest BCUT2D eigenvalue weighted by atomic mass is 32.1. The Balaban J connectivity index is 1.73. The van der Waals surface area contributed by atoms with Crippen LogP contribution in [-0.2, 0) is 6.42 Å². The Morgan fingerprint density at radius 2 is 2.07 bits per heavy atom. The number of thiazole rings is 1. The highest BCUT2D eigenvalue weighted by Gasteiger charge is 2.16. The number of hydrogen-bond donors (Lipinski definition) is 2. The summed E-state index contributed by atoms with van der Waals surface area (Å²) in [5.74, 6) is -0.175. The number of ether oxygens (including phenoxy) is 1. The normalized spacial score (nSPS) is 10.8. The maximum Gasteiger partial charge on any atom is 0.322 e. The van der Waals surface area contributed by atoms with Crippen LogP contribution in [0.4, 0.5) is 11.1 Å². The van der Waals surface area contributed by atoms with Gasteiger partial charge in [0.05, 0.1) is 11.8 Å². The highest BCUT2D eigenvalue weighted by molar-refractivity contribution is 7.14. The van der Waals surface area contributed by atoms with E-state index in [0.717, 1.165) is 12.1 Å². The third-order valence-corrected chi connectivity index (χ3v) is 5.04. The predicted molar refractivity (Wildman–Crippen MR) is 107 cm³/mol. The van der Waals surface area contributed by atoms with E-state index in [-0.39, 0.29) is 17.9 Å². The second-order valence-corrected chi connectivity index (χ2v) is 7.83. The fourth-order valence-electron chi connectivity index (χ4n) is 2.12. The average molecular weight is 405 g/mol. The first kappa shape index (κ1) is 19.2. The number of carbonyl (C=O) groups excluding carboxylic acids is 1. The van der Waals surface area contributed by atoms with Crippen molar-refractivity contribution in [2.75, 3.05) is 17.2 Å². The lowest BCUT2D eigenvalue weighted by atomic mass is 10.3. The molecule has 0 aliphatic rings. The highest BCUT2D eigenvalue weighted by Crippen LogP contribution is 2.16. The van der Waals surface area contributed by atoms with Gasteiger partial charge in [0.1, 0.15) is 0 Å². The fourth-order valence-corrected chi connectivity index (χ4v) is 3.51. The van der Waals surface area contributed by atoms with Gasteiger partial charge < -0.3 is 10.1 Å². The summed E-state index contributed by atoms with van der Waals surface area (Å²) in [6.07, 6.45) is 0.716. The Hall–Kier alpha value is -2.59. The molecule has 0 unspecified atom stereocenters. The van der Waals surface area contributed by atoms with Crippen LogP contribution in [0.15, 0.2) is 22.9 Å². The van der Waals surface area contributed by atoms with Gasteiger partial charge in [0, 0.05) is 16.8 Å². The second-order valence-electron chi connectivity index (χ2n) is 5.94. The van der Waals surface area contributed by atoms with Crippen LogP contribution >= 0.6 is 22.7 Å². The average Bonchev–Trinajstić information content (AvgIpc) is 3.26. The molecule has 10 heteroatoms. The van der Waals surface area contributed by atoms with Crippen molar-refractivity contribution in [2.45, 2.75) is 33.3 Å². The van der Waals surface area contributed by atoms with Gasteiger partial charge in [0.15, 0.2) is 5.13 Å². The van der Waals surface area contributed by atoms with E-state index in [1.165, 1.54) is 16.2 Å². The summed E-state index contributed by atoms with van der Waals surface area (Å²) in [6.45, 7) is 6.23. The van der Waals surface area contributed by atoms with E-state index in [4.69, 9.17) is 4.74 Å². The molecule has 0 atom stereocenters. The first-order chi connectivity index (χ1) is 13.0. The molecule has 2 N–H and O–H groups in total. The maximum atomic E-state index is 12.5. The van der Waals surface area contributed by atoms with Crippen LogP contribution < -0.4 is 15.4 Å². The lowest BCUT2D eigenvalue weighted by Gasteiger charge is -2.11. The number of thiophene rings is 1. The molecule has 3 aromatic rings. The molecular formula is C17H20N6O2S2. The van der Waals surface area contributed by atoms with E-state index in [2.05, 4.69) is 36.6 Å². The van der Waals surface area contributed by atoms with Gasteiger partial charge in [-0.05, 0) is 38.6 Å². The van der Waals surface area contributed by atoms with Gasteiger partial charge in [-0.2, -0.15) is 15.0 Å². The second kappa shape index (κ2) is 8.87. The first-order valence-corrected chi connectivity index (χ1v) is 10.2. The number of carbonyl (C=O) groups is 1. The van der Waals surface area contributed by atoms with E-state index < -0.39 is 5.91 Å². The summed E-state index contributed by atoms with van der Waals surface area (Å²) in [4.78, 5) is 30.5. The Bertz CT molecular complexity index is 895. The minimum atomic E-state index is -0.457. The molecule has 142 valence electrons. The topological polar surface area (TPSA) is 102 Å². The number of nitrogens with zero attached hydrogens (tertiary/aromatic N) is 4. The number of nitrogens with one attached hydrogen (secondary N) is 2. The predicted octanol–water partition coefficient (Wildman–Crippen LogP) is 3.39. The first-order valence-electron chi connectivity index (χ1n) is 8.42. The van der Waals surface area contributed by atoms with Crippen molar-refractivity contribution in [2.24, 2.45) is 0 Å². The fraction of sp³-hybridized carbons (Fsp3) is 0.353. The molecular weight excluding hydrogens is 384 g/mol. The molecule has 3 heterocycles. The van der Waals surface area contributed by atoms with Crippen LogP contribution in [0.25, 0.3) is 0 Å². The summed E-state index contributed by atoms with van der Waals surface area (Å²) in [5.41, 5.74) is 0.839. The molecule has 0 saturated heterocycles. The van der Waals surface area contributed by atoms with Crippen LogP contribution in [0.1, 0.15) is 35.0 Å². The Kier molecular flexibility index (Phi) is 6.30. The summed E-state index contributed by atoms with van der Waals surface area (Å²) in [7, 11) is 0. The van der Waals surface area contributed by atoms with E-state index in [0.29, 0.717) is 17.6 Å². The molecule has 3 aromatic heterocycles. The van der Waals surface area contributed by atoms with Crippen molar-refractivity contribution in [1.29, 1.82) is 0 Å². The molecule has 0 fully saturated rings. The van der Waals surface area contributed by atoms with Crippen molar-refractivity contribution in [3.8, 4) is 6.01 Å². The summed E-state index contributed by atoms with van der Waals surface area (Å²) in [5, 5.41) is 10.2. The molecule has 27 heavy (non-hydrogen) atoms. The number of rotatable bonds is 8. The zero-order chi connectivity index (χ0) is 19.2. The summed E-state index contributed by atoms with van der Waals surface area (Å²) < 4.78 is 5.56. The van der Waals surface area contributed by atoms with Crippen LogP contribution in [0.5, 0.6) is 6.01 Å². The molecule has 0 aliphatic heterocycles. The molecule has 0 aromatic carbocycles. The van der Waals surface area contributed by atoms with Gasteiger partial charge in [-0.1, -0.05) is 6.07 Å². The number of amides is 1. The standard InChI is InChI=1S/C17H20N6O2S2/c1-10(2)25-16-21-13(14(24)22-17-19-11(3)9-27-17)20-15(23-16)18-7-6-12-5-4-8-26-12/h4-5,8-10H,6-7H2,1-3H3,(H,19,22,24)(H,18,20,21,23). The number of aromatic nitrogens is 4. The van der Waals surface area contributed by atoms with E-state index >= 15 is 0 Å². The van der Waals surface area contributed by atoms with Crippen LogP contribution in [0.2, 0.25) is 0 Å². The molecule has 1 amide bonds. The lowest BCUT2D eigenvalue weighted by molar-refractivity contribution is 0.101. The molecule has 0 spiro atoms. The van der Waals surface area contributed by atoms with Crippen molar-refractivity contribution in [3.05, 3.63) is 39.3 Å². The minimum absolute atomic E-state index is 0.0212. The van der Waals surface area contributed by atoms with E-state index in [1.54, 1.807) is 11.3 Å². The zero-order valence-corrected chi connectivity index (χ0v) is 16.9. The zero-order valence-electron chi connectivity index (χ0n) is 15.2. The molecule has 0 aliphatic carbocycles. The van der Waals surface area contributed by atoms with Crippen molar-refractivity contribution >= 4 is 39.7 Å². The van der Waals surface area contributed by atoms with Gasteiger partial charge in [-0.3, -0.25) is 10.1 Å². The Labute approximate surface area is 165 Å². The molecule has 0 bridgehead atoms. The van der Waals surface area contributed by atoms with E-state index in [9.17, 15) is 4.79 Å². The largest absolute Gasteiger partial charge is 0.461 e. The van der Waals surface area contributed by atoms with Crippen molar-refractivity contribution < 1.29 is 9.53 Å². The van der Waals surface area contributed by atoms with E-state index in [1.807, 2.05) is 37.6 Å². The number of aryl methyl sites for hydroxylation is 1. The quantitative estimate of drug-likeness (QED) is 0.593. The van der Waals surface area contributed by atoms with Gasteiger partial charge in [-0.15, -0.1) is 22.7 Å². The minimum Gasteiger partial charge on any atom is -0.461 e. The maximum absolute atomic E-state index is 12.5. The lowest BCUT2D eigenvalue weighted by Crippen LogP contribution is -2.20. The van der Waals surface area contributed by atoms with Crippen molar-refractivity contribution in [1.82, 2.24) is 19.9 Å². The number of hydrogen-bond acceptors (Lipinski definition) is 9. The molecule has 0 saturated carbocycles. The summed E-state index contributed by atoms with van der Waals surface area (Å²) >= 11 is 3.04. The molecule has 0 radical (unpaired) electrons. The van der Waals surface area contributed by atoms with Gasteiger partial charge >= 0.3 is 6.01 Å². The third kappa shape index (κ3) is 5.69. The Morgan fingerprint density at radius 1 is 1.22 bits per heavy atom. The van der Waals surface area contributed by atoms with Crippen LogP contribution in [0, 0.1) is 6.92 Å². The summed E-state index contributed by atoms with van der Waals surface area (Å²) in [6, 6.07) is 4.20. The Morgan fingerprint density at radius 3 is 2.74 bits per heavy atom. The smallest absolute Gasteiger partial charge is 0.322 e. The molecule has 8 nitrogen and oxygen atoms in total. The number of anilines is 2. The van der Waals surface area contributed by atoms with Gasteiger partial charge in [0.25, 0.3) is 5.91 Å². The molecule has 3 rings (SSSR count). The third-order valence-electron chi connectivity index (χ3n) is 3.23. The van der Waals surface area contributed by atoms with Crippen LogP contribution in [-0.4, -0.2) is 38.5 Å². The van der Waals surface area contributed by atoms with Gasteiger partial charge in [-0.25, -0.2) is 4.98 Å². The van der Waals surface area contributed by atoms with Gasteiger partial charge in [0.2, 0.25) is 11.8 Å². The SMILES string of the molecule is Cc1csc(NC(=O)c2nc(NCCc3cccs3)nc(OC(C)C)n2)n1. The van der Waals surface area contributed by atoms with Crippen molar-refractivity contribution in [3.63, 3.8) is 0 Å². The monoisotopic (exact) mass is 404 g/mol.